The number of aliphatic carboxylic acids is 1. The molecule has 5 rings (SSSR count). The molecule has 8 nitrogen and oxygen atoms in total. The van der Waals surface area contributed by atoms with Crippen molar-refractivity contribution in [2.45, 2.75) is 46.6 Å². The van der Waals surface area contributed by atoms with Gasteiger partial charge in [0.2, 0.25) is 0 Å². The zero-order valence-corrected chi connectivity index (χ0v) is 23.5. The summed E-state index contributed by atoms with van der Waals surface area (Å²) in [6.07, 6.45) is 1.63. The second-order valence-electron chi connectivity index (χ2n) is 10.3. The highest BCUT2D eigenvalue weighted by Gasteiger charge is 2.22. The minimum absolute atomic E-state index is 0.184. The molecule has 40 heavy (non-hydrogen) atoms. The molecule has 0 spiro atoms. The lowest BCUT2D eigenvalue weighted by atomic mass is 9.96. The molecule has 8 heteroatoms. The van der Waals surface area contributed by atoms with Gasteiger partial charge in [0.1, 0.15) is 11.8 Å². The highest BCUT2D eigenvalue weighted by Crippen LogP contribution is 2.34. The molecule has 5 aromatic rings. The first kappa shape index (κ1) is 26.9. The maximum atomic E-state index is 13.8. The van der Waals surface area contributed by atoms with E-state index >= 15 is 0 Å². The average molecular weight is 537 g/mol. The van der Waals surface area contributed by atoms with Gasteiger partial charge in [-0.05, 0) is 68.1 Å². The Bertz CT molecular complexity index is 1860. The van der Waals surface area contributed by atoms with Gasteiger partial charge in [0.05, 0.1) is 24.2 Å². The zero-order valence-electron chi connectivity index (χ0n) is 23.5. The first-order valence-electron chi connectivity index (χ1n) is 13.2. The van der Waals surface area contributed by atoms with E-state index in [1.54, 1.807) is 36.9 Å². The third kappa shape index (κ3) is 4.45. The van der Waals surface area contributed by atoms with Crippen LogP contribution in [0.25, 0.3) is 33.2 Å². The zero-order chi connectivity index (χ0) is 28.7. The van der Waals surface area contributed by atoms with E-state index in [0.717, 1.165) is 44.6 Å². The van der Waals surface area contributed by atoms with Crippen LogP contribution in [-0.2, 0) is 4.79 Å². The first-order chi connectivity index (χ1) is 19.1. The molecule has 1 atom stereocenters. The fraction of sp³-hybridized carbons (Fsp3) is 0.250. The summed E-state index contributed by atoms with van der Waals surface area (Å²) in [6, 6.07) is 18.0. The van der Waals surface area contributed by atoms with Crippen LogP contribution < -0.4 is 10.3 Å². The fourth-order valence-electron chi connectivity index (χ4n) is 5.28. The number of hydrogen-bond acceptors (Lipinski definition) is 5. The number of para-hydroxylation sites is 2. The predicted octanol–water partition coefficient (Wildman–Crippen LogP) is 6.29. The van der Waals surface area contributed by atoms with Crippen molar-refractivity contribution in [2.24, 2.45) is 5.10 Å². The number of aromatic nitrogens is 3. The Morgan fingerprint density at radius 3 is 2.38 bits per heavy atom. The molecule has 0 saturated heterocycles. The number of carboxylic acids is 1. The molecule has 204 valence electrons. The number of hydrogen-bond donors (Lipinski definition) is 1. The lowest BCUT2D eigenvalue weighted by molar-refractivity contribution is -0.140. The monoisotopic (exact) mass is 536 g/mol. The minimum Gasteiger partial charge on any atom is -0.496 e. The van der Waals surface area contributed by atoms with Crippen molar-refractivity contribution in [1.29, 1.82) is 0 Å². The van der Waals surface area contributed by atoms with E-state index in [4.69, 9.17) is 14.8 Å². The van der Waals surface area contributed by atoms with E-state index < -0.39 is 12.0 Å². The van der Waals surface area contributed by atoms with Crippen LogP contribution in [0.3, 0.4) is 0 Å². The van der Waals surface area contributed by atoms with Gasteiger partial charge >= 0.3 is 5.97 Å². The van der Waals surface area contributed by atoms with Gasteiger partial charge in [-0.3, -0.25) is 4.79 Å². The maximum Gasteiger partial charge on any atom is 0.326 e. The van der Waals surface area contributed by atoms with E-state index in [1.165, 1.54) is 4.68 Å². The van der Waals surface area contributed by atoms with E-state index in [2.05, 4.69) is 13.8 Å². The Hall–Kier alpha value is -4.72. The van der Waals surface area contributed by atoms with Crippen molar-refractivity contribution >= 4 is 34.0 Å². The molecule has 2 aromatic heterocycles. The SMILES string of the molecule is COc1cc(C)c(-c2nc3ccccc3c(=O)n2N=Cc2c(C)n([C@H](C)C(=O)O)c3ccccc23)cc1C(C)C. The number of aryl methyl sites for hydroxylation is 1. The molecule has 0 aliphatic heterocycles. The molecule has 0 unspecified atom stereocenters. The van der Waals surface area contributed by atoms with Crippen molar-refractivity contribution < 1.29 is 14.6 Å². The van der Waals surface area contributed by atoms with Gasteiger partial charge in [0.25, 0.3) is 5.56 Å². The van der Waals surface area contributed by atoms with E-state index in [-0.39, 0.29) is 11.5 Å². The molecular weight excluding hydrogens is 504 g/mol. The second kappa shape index (κ2) is 10.4. The van der Waals surface area contributed by atoms with Gasteiger partial charge in [-0.25, -0.2) is 9.78 Å². The lowest BCUT2D eigenvalue weighted by Gasteiger charge is -2.17. The lowest BCUT2D eigenvalue weighted by Crippen LogP contribution is -2.21. The average Bonchev–Trinajstić information content (AvgIpc) is 3.22. The number of benzene rings is 3. The van der Waals surface area contributed by atoms with Crippen molar-refractivity contribution in [3.63, 3.8) is 0 Å². The Kier molecular flexibility index (Phi) is 7.02. The van der Waals surface area contributed by atoms with Crippen LogP contribution in [0.5, 0.6) is 5.75 Å². The van der Waals surface area contributed by atoms with Gasteiger partial charge in [0.15, 0.2) is 5.82 Å². The molecule has 0 amide bonds. The van der Waals surface area contributed by atoms with Crippen molar-refractivity contribution in [3.05, 3.63) is 93.4 Å². The molecule has 0 saturated carbocycles. The number of methoxy groups -OCH3 is 1. The second-order valence-corrected chi connectivity index (χ2v) is 10.3. The van der Waals surface area contributed by atoms with Crippen LogP contribution >= 0.6 is 0 Å². The van der Waals surface area contributed by atoms with Crippen molar-refractivity contribution in [3.8, 4) is 17.1 Å². The summed E-state index contributed by atoms with van der Waals surface area (Å²) in [4.78, 5) is 30.6. The highest BCUT2D eigenvalue weighted by molar-refractivity contribution is 6.01. The van der Waals surface area contributed by atoms with Crippen molar-refractivity contribution in [1.82, 2.24) is 14.2 Å². The predicted molar refractivity (Wildman–Crippen MR) is 159 cm³/mol. The van der Waals surface area contributed by atoms with Gasteiger partial charge < -0.3 is 14.4 Å². The molecule has 0 bridgehead atoms. The molecule has 3 aromatic carbocycles. The summed E-state index contributed by atoms with van der Waals surface area (Å²) in [6.45, 7) is 9.66. The van der Waals surface area contributed by atoms with Crippen molar-refractivity contribution in [2.75, 3.05) is 7.11 Å². The van der Waals surface area contributed by atoms with E-state index in [0.29, 0.717) is 16.7 Å². The number of rotatable bonds is 7. The van der Waals surface area contributed by atoms with Crippen LogP contribution in [0, 0.1) is 13.8 Å². The molecule has 0 radical (unpaired) electrons. The van der Waals surface area contributed by atoms with Crippen LogP contribution in [-0.4, -0.2) is 38.6 Å². The van der Waals surface area contributed by atoms with Gasteiger partial charge in [-0.2, -0.15) is 9.78 Å². The Balaban J connectivity index is 1.79. The van der Waals surface area contributed by atoms with Gasteiger partial charge in [0, 0.05) is 27.7 Å². The molecule has 0 aliphatic rings. The number of nitrogens with zero attached hydrogens (tertiary/aromatic N) is 4. The summed E-state index contributed by atoms with van der Waals surface area (Å²) < 4.78 is 8.76. The quantitative estimate of drug-likeness (QED) is 0.246. The summed E-state index contributed by atoms with van der Waals surface area (Å²) in [5.74, 6) is 0.455. The number of fused-ring (bicyclic) bond motifs is 2. The summed E-state index contributed by atoms with van der Waals surface area (Å²) in [5, 5.41) is 15.8. The molecule has 2 heterocycles. The van der Waals surface area contributed by atoms with Crippen LogP contribution in [0.2, 0.25) is 0 Å². The topological polar surface area (TPSA) is 98.7 Å². The normalized spacial score (nSPS) is 12.6. The smallest absolute Gasteiger partial charge is 0.326 e. The van der Waals surface area contributed by atoms with E-state index in [1.807, 2.05) is 62.4 Å². The fourth-order valence-corrected chi connectivity index (χ4v) is 5.28. The summed E-state index contributed by atoms with van der Waals surface area (Å²) in [5.41, 5.74) is 5.24. The standard InChI is InChI=1S/C32H32N4O4/c1-18(2)24-16-25(19(3)15-29(24)40-6)30-34-27-13-9-7-12-23(27)31(37)36(30)33-17-26-20(4)35(21(5)32(38)39)28-14-10-8-11-22(26)28/h7-18,21H,1-6H3,(H,38,39)/t21-/m1/s1. The number of carbonyl (C=O) groups is 1. The van der Waals surface area contributed by atoms with Crippen LogP contribution in [0.1, 0.15) is 55.1 Å². The Morgan fingerprint density at radius 2 is 1.70 bits per heavy atom. The maximum absolute atomic E-state index is 13.8. The molecule has 0 aliphatic carbocycles. The van der Waals surface area contributed by atoms with Gasteiger partial charge in [-0.1, -0.05) is 44.2 Å². The summed E-state index contributed by atoms with van der Waals surface area (Å²) in [7, 11) is 1.65. The molecule has 0 fully saturated rings. The number of carboxylic acid groups (broad SMARTS) is 1. The van der Waals surface area contributed by atoms with Crippen LogP contribution in [0.4, 0.5) is 0 Å². The third-order valence-electron chi connectivity index (χ3n) is 7.45. The van der Waals surface area contributed by atoms with Gasteiger partial charge in [-0.15, -0.1) is 0 Å². The minimum atomic E-state index is -0.930. The third-order valence-corrected chi connectivity index (χ3v) is 7.45. The molecular formula is C32H32N4O4. The Labute approximate surface area is 232 Å². The Morgan fingerprint density at radius 1 is 1.02 bits per heavy atom. The first-order valence-corrected chi connectivity index (χ1v) is 13.2. The number of ether oxygens (including phenoxy) is 1. The van der Waals surface area contributed by atoms with E-state index in [9.17, 15) is 14.7 Å². The largest absolute Gasteiger partial charge is 0.496 e. The molecule has 1 N–H and O–H groups in total. The summed E-state index contributed by atoms with van der Waals surface area (Å²) >= 11 is 0. The highest BCUT2D eigenvalue weighted by atomic mass is 16.5. The van der Waals surface area contributed by atoms with Crippen LogP contribution in [0.15, 0.2) is 70.6 Å².